The number of pyridine rings is 1. The molecule has 0 bridgehead atoms. The first-order valence-electron chi connectivity index (χ1n) is 9.15. The number of amides is 1. The van der Waals surface area contributed by atoms with Crippen molar-refractivity contribution in [1.29, 1.82) is 0 Å². The molecule has 31 heavy (non-hydrogen) atoms. The van der Waals surface area contributed by atoms with Crippen LogP contribution in [0.15, 0.2) is 70.5 Å². The van der Waals surface area contributed by atoms with E-state index in [1.54, 1.807) is 30.3 Å². The summed E-state index contributed by atoms with van der Waals surface area (Å²) in [6.45, 7) is 1.76. The van der Waals surface area contributed by atoms with Gasteiger partial charge in [-0.15, -0.1) is 0 Å². The van der Waals surface area contributed by atoms with Gasteiger partial charge in [-0.05, 0) is 48.9 Å². The molecule has 1 heterocycles. The molecule has 0 fully saturated rings. The van der Waals surface area contributed by atoms with Crippen molar-refractivity contribution in [2.24, 2.45) is 0 Å². The Labute approximate surface area is 189 Å². The Morgan fingerprint density at radius 2 is 1.74 bits per heavy atom. The lowest BCUT2D eigenvalue weighted by atomic mass is 10.2. The van der Waals surface area contributed by atoms with Crippen LogP contribution in [0.25, 0.3) is 0 Å². The highest BCUT2D eigenvalue weighted by Gasteiger charge is 2.17. The average Bonchev–Trinajstić information content (AvgIpc) is 2.72. The number of benzene rings is 2. The number of halogens is 2. The van der Waals surface area contributed by atoms with Gasteiger partial charge in [-0.25, -0.2) is 8.42 Å². The molecule has 1 amide bonds. The van der Waals surface area contributed by atoms with Crippen molar-refractivity contribution in [2.45, 2.75) is 24.9 Å². The molecular weight excluding hydrogens is 461 g/mol. The lowest BCUT2D eigenvalue weighted by molar-refractivity contribution is -0.121. The Bertz CT molecular complexity index is 1270. The number of aromatic nitrogens is 1. The van der Waals surface area contributed by atoms with Crippen molar-refractivity contribution in [1.82, 2.24) is 9.88 Å². The Kier molecular flexibility index (Phi) is 7.04. The number of aryl methyl sites for hydroxylation is 1. The number of carbonyl (C=O) groups excluding carboxylic acids is 1. The van der Waals surface area contributed by atoms with Crippen molar-refractivity contribution in [3.8, 4) is 0 Å². The number of hydrogen-bond donors (Lipinski definition) is 2. The van der Waals surface area contributed by atoms with Crippen LogP contribution >= 0.6 is 23.2 Å². The van der Waals surface area contributed by atoms with Crippen LogP contribution in [-0.4, -0.2) is 18.9 Å². The summed E-state index contributed by atoms with van der Waals surface area (Å²) in [6, 6.07) is 14.0. The molecule has 3 aromatic rings. The smallest absolute Gasteiger partial charge is 0.275 e. The number of anilines is 1. The molecule has 0 saturated carbocycles. The highest BCUT2D eigenvalue weighted by atomic mass is 35.5. The molecule has 10 heteroatoms. The maximum absolute atomic E-state index is 12.6. The summed E-state index contributed by atoms with van der Waals surface area (Å²) in [5.41, 5.74) is 0.867. The fraction of sp³-hybridized carbons (Fsp3) is 0.143. The Morgan fingerprint density at radius 3 is 2.42 bits per heavy atom. The molecule has 0 saturated heterocycles. The standard InChI is InChI=1S/C21H19Cl2N3O4S/c1-14-4-7-16(8-5-14)31(29,30)25-19-3-2-10-26(21(19)28)13-20(27)24-12-15-6-9-17(22)18(23)11-15/h2-11,25H,12-13H2,1H3,(H,24,27). The molecule has 0 atom stereocenters. The monoisotopic (exact) mass is 479 g/mol. The molecule has 0 aliphatic carbocycles. The molecule has 0 aliphatic rings. The fourth-order valence-corrected chi connectivity index (χ4v) is 4.10. The minimum absolute atomic E-state index is 0.0345. The predicted molar refractivity (Wildman–Crippen MR) is 121 cm³/mol. The second-order valence-corrected chi connectivity index (χ2v) is 9.30. The summed E-state index contributed by atoms with van der Waals surface area (Å²) in [4.78, 5) is 25.0. The number of sulfonamides is 1. The summed E-state index contributed by atoms with van der Waals surface area (Å²) >= 11 is 11.8. The molecule has 0 unspecified atom stereocenters. The van der Waals surface area contributed by atoms with Gasteiger partial charge in [0.2, 0.25) is 5.91 Å². The first kappa shape index (κ1) is 22.9. The van der Waals surface area contributed by atoms with Gasteiger partial charge in [0.15, 0.2) is 0 Å². The maximum atomic E-state index is 12.6. The van der Waals surface area contributed by atoms with Crippen LogP contribution in [0.3, 0.4) is 0 Å². The summed E-state index contributed by atoms with van der Waals surface area (Å²) in [6.07, 6.45) is 1.41. The molecular formula is C21H19Cl2N3O4S. The summed E-state index contributed by atoms with van der Waals surface area (Å²) in [7, 11) is -3.94. The van der Waals surface area contributed by atoms with Gasteiger partial charge in [0.1, 0.15) is 12.2 Å². The van der Waals surface area contributed by atoms with E-state index in [1.807, 2.05) is 6.92 Å². The normalized spacial score (nSPS) is 11.2. The zero-order valence-electron chi connectivity index (χ0n) is 16.4. The number of rotatable bonds is 7. The first-order chi connectivity index (χ1) is 14.7. The largest absolute Gasteiger partial charge is 0.350 e. The van der Waals surface area contributed by atoms with E-state index >= 15 is 0 Å². The Hall–Kier alpha value is -2.81. The number of nitrogens with zero attached hydrogens (tertiary/aromatic N) is 1. The van der Waals surface area contributed by atoms with Crippen LogP contribution in [0.4, 0.5) is 5.69 Å². The third kappa shape index (κ3) is 5.88. The van der Waals surface area contributed by atoms with Crippen LogP contribution in [0.1, 0.15) is 11.1 Å². The number of nitrogens with one attached hydrogen (secondary N) is 2. The van der Waals surface area contributed by atoms with Crippen LogP contribution in [0.2, 0.25) is 10.0 Å². The minimum atomic E-state index is -3.94. The van der Waals surface area contributed by atoms with E-state index in [2.05, 4.69) is 10.0 Å². The van der Waals surface area contributed by atoms with Crippen LogP contribution in [-0.2, 0) is 27.9 Å². The third-order valence-corrected chi connectivity index (χ3v) is 6.50. The lowest BCUT2D eigenvalue weighted by Crippen LogP contribution is -2.33. The van der Waals surface area contributed by atoms with Crippen LogP contribution in [0.5, 0.6) is 0 Å². The average molecular weight is 480 g/mol. The topological polar surface area (TPSA) is 97.3 Å². The van der Waals surface area contributed by atoms with E-state index in [1.165, 1.54) is 30.5 Å². The summed E-state index contributed by atoms with van der Waals surface area (Å²) < 4.78 is 28.5. The molecule has 3 rings (SSSR count). The predicted octanol–water partition coefficient (Wildman–Crippen LogP) is 3.58. The quantitative estimate of drug-likeness (QED) is 0.540. The van der Waals surface area contributed by atoms with Gasteiger partial charge in [0, 0.05) is 12.7 Å². The molecule has 7 nitrogen and oxygen atoms in total. The maximum Gasteiger partial charge on any atom is 0.275 e. The van der Waals surface area contributed by atoms with Crippen molar-refractivity contribution in [3.63, 3.8) is 0 Å². The number of hydrogen-bond acceptors (Lipinski definition) is 4. The molecule has 0 aliphatic heterocycles. The number of carbonyl (C=O) groups is 1. The highest BCUT2D eigenvalue weighted by Crippen LogP contribution is 2.22. The van der Waals surface area contributed by atoms with Crippen molar-refractivity contribution < 1.29 is 13.2 Å². The second kappa shape index (κ2) is 9.55. The van der Waals surface area contributed by atoms with Gasteiger partial charge in [-0.2, -0.15) is 0 Å². The van der Waals surface area contributed by atoms with Gasteiger partial charge < -0.3 is 9.88 Å². The van der Waals surface area contributed by atoms with E-state index in [-0.39, 0.29) is 23.7 Å². The second-order valence-electron chi connectivity index (χ2n) is 6.80. The van der Waals surface area contributed by atoms with Crippen molar-refractivity contribution in [3.05, 3.63) is 92.3 Å². The van der Waals surface area contributed by atoms with E-state index in [4.69, 9.17) is 23.2 Å². The first-order valence-corrected chi connectivity index (χ1v) is 11.4. The molecule has 162 valence electrons. The Morgan fingerprint density at radius 1 is 1.03 bits per heavy atom. The third-order valence-electron chi connectivity index (χ3n) is 4.38. The van der Waals surface area contributed by atoms with Crippen LogP contribution in [0, 0.1) is 6.92 Å². The lowest BCUT2D eigenvalue weighted by Gasteiger charge is -2.11. The summed E-state index contributed by atoms with van der Waals surface area (Å²) in [5.74, 6) is -0.424. The minimum Gasteiger partial charge on any atom is -0.350 e. The summed E-state index contributed by atoms with van der Waals surface area (Å²) in [5, 5.41) is 3.46. The highest BCUT2D eigenvalue weighted by molar-refractivity contribution is 7.92. The van der Waals surface area contributed by atoms with Crippen molar-refractivity contribution in [2.75, 3.05) is 4.72 Å². The van der Waals surface area contributed by atoms with E-state index in [0.29, 0.717) is 10.0 Å². The van der Waals surface area contributed by atoms with Crippen LogP contribution < -0.4 is 15.6 Å². The fourth-order valence-electron chi connectivity index (χ4n) is 2.72. The van der Waals surface area contributed by atoms with Gasteiger partial charge in [-0.1, -0.05) is 47.0 Å². The molecule has 2 aromatic carbocycles. The zero-order chi connectivity index (χ0) is 22.6. The van der Waals surface area contributed by atoms with E-state index in [0.717, 1.165) is 15.7 Å². The van der Waals surface area contributed by atoms with Gasteiger partial charge in [0.25, 0.3) is 15.6 Å². The molecule has 0 spiro atoms. The van der Waals surface area contributed by atoms with Gasteiger partial charge >= 0.3 is 0 Å². The zero-order valence-corrected chi connectivity index (χ0v) is 18.8. The van der Waals surface area contributed by atoms with Crippen molar-refractivity contribution >= 4 is 44.8 Å². The molecule has 1 aromatic heterocycles. The van der Waals surface area contributed by atoms with E-state index < -0.39 is 21.5 Å². The van der Waals surface area contributed by atoms with Gasteiger partial charge in [0.05, 0.1) is 14.9 Å². The van der Waals surface area contributed by atoms with Gasteiger partial charge in [-0.3, -0.25) is 14.3 Å². The molecule has 0 radical (unpaired) electrons. The van der Waals surface area contributed by atoms with E-state index in [9.17, 15) is 18.0 Å². The SMILES string of the molecule is Cc1ccc(S(=O)(=O)Nc2cccn(CC(=O)NCc3ccc(Cl)c(Cl)c3)c2=O)cc1. The molecule has 2 N–H and O–H groups in total. The Balaban J connectivity index is 1.70.